The van der Waals surface area contributed by atoms with Gasteiger partial charge < -0.3 is 9.47 Å². The summed E-state index contributed by atoms with van der Waals surface area (Å²) in [6.45, 7) is 3.76. The Morgan fingerprint density at radius 2 is 1.96 bits per heavy atom. The van der Waals surface area contributed by atoms with Gasteiger partial charge >= 0.3 is 11.9 Å². The van der Waals surface area contributed by atoms with Gasteiger partial charge in [0.05, 0.1) is 19.1 Å². The third-order valence-corrected chi connectivity index (χ3v) is 5.35. The molecule has 28 heavy (non-hydrogen) atoms. The fourth-order valence-electron chi connectivity index (χ4n) is 3.40. The molecule has 2 atom stereocenters. The summed E-state index contributed by atoms with van der Waals surface area (Å²) >= 11 is 3.44. The zero-order valence-electron chi connectivity index (χ0n) is 15.7. The van der Waals surface area contributed by atoms with E-state index in [9.17, 15) is 19.7 Å². The highest BCUT2D eigenvalue weighted by Gasteiger charge is 2.56. The lowest BCUT2D eigenvalue weighted by Crippen LogP contribution is -2.42. The Hall–Kier alpha value is -2.48. The van der Waals surface area contributed by atoms with Gasteiger partial charge in [-0.05, 0) is 25.5 Å². The van der Waals surface area contributed by atoms with Crippen LogP contribution in [0.15, 0.2) is 52.5 Å². The van der Waals surface area contributed by atoms with Crippen molar-refractivity contribution in [2.45, 2.75) is 38.1 Å². The van der Waals surface area contributed by atoms with Crippen molar-refractivity contribution in [3.63, 3.8) is 0 Å². The van der Waals surface area contributed by atoms with Crippen molar-refractivity contribution in [3.05, 3.63) is 68.2 Å². The van der Waals surface area contributed by atoms with Gasteiger partial charge in [0.1, 0.15) is 0 Å². The Kier molecular flexibility index (Phi) is 7.51. The third kappa shape index (κ3) is 4.49. The van der Waals surface area contributed by atoms with Crippen LogP contribution in [0.2, 0.25) is 0 Å². The average Bonchev–Trinajstić information content (AvgIpc) is 3.03. The van der Waals surface area contributed by atoms with E-state index in [1.807, 2.05) is 0 Å². The lowest BCUT2D eigenvalue weighted by Gasteiger charge is -2.29. The van der Waals surface area contributed by atoms with Crippen molar-refractivity contribution in [3.8, 4) is 0 Å². The highest BCUT2D eigenvalue weighted by molar-refractivity contribution is 9.10. The number of esters is 2. The first-order valence-electron chi connectivity index (χ1n) is 8.96. The molecule has 0 spiro atoms. The summed E-state index contributed by atoms with van der Waals surface area (Å²) < 4.78 is 10.6. The predicted molar refractivity (Wildman–Crippen MR) is 106 cm³/mol. The number of nitro groups is 1. The molecule has 1 aromatic rings. The van der Waals surface area contributed by atoms with Gasteiger partial charge in [-0.3, -0.25) is 10.1 Å². The van der Waals surface area contributed by atoms with Gasteiger partial charge in [0.25, 0.3) is 0 Å². The molecule has 0 aliphatic heterocycles. The smallest absolute Gasteiger partial charge is 0.334 e. The number of carbonyl (C=O) groups is 2. The number of halogens is 1. The number of benzene rings is 1. The van der Waals surface area contributed by atoms with E-state index in [2.05, 4.69) is 15.9 Å². The molecule has 150 valence electrons. The van der Waals surface area contributed by atoms with Crippen LogP contribution in [0.5, 0.6) is 0 Å². The van der Waals surface area contributed by atoms with Crippen molar-refractivity contribution in [2.75, 3.05) is 13.2 Å². The first-order chi connectivity index (χ1) is 13.4. The largest absolute Gasteiger partial charge is 0.463 e. The number of hydrogen-bond donors (Lipinski definition) is 0. The van der Waals surface area contributed by atoms with Crippen LogP contribution in [0.4, 0.5) is 0 Å². The summed E-state index contributed by atoms with van der Waals surface area (Å²) in [4.78, 5) is 35.9. The summed E-state index contributed by atoms with van der Waals surface area (Å²) in [7, 11) is 0. The summed E-state index contributed by atoms with van der Waals surface area (Å²) in [5, 5.41) is 12.2. The van der Waals surface area contributed by atoms with Crippen LogP contribution in [0.3, 0.4) is 0 Å². The zero-order valence-corrected chi connectivity index (χ0v) is 17.3. The maximum atomic E-state index is 12.5. The van der Waals surface area contributed by atoms with E-state index in [1.54, 1.807) is 44.2 Å². The molecule has 0 radical (unpaired) electrons. The first-order valence-corrected chi connectivity index (χ1v) is 9.76. The van der Waals surface area contributed by atoms with Crippen LogP contribution in [-0.4, -0.2) is 35.6 Å². The van der Waals surface area contributed by atoms with Gasteiger partial charge in [-0.15, -0.1) is 0 Å². The maximum absolute atomic E-state index is 12.5. The molecule has 0 bridgehead atoms. The van der Waals surface area contributed by atoms with E-state index in [0.717, 1.165) is 0 Å². The topological polar surface area (TPSA) is 95.7 Å². The monoisotopic (exact) mass is 451 g/mol. The van der Waals surface area contributed by atoms with E-state index in [0.29, 0.717) is 10.0 Å². The molecule has 0 heterocycles. The molecular formula is C20H22BrNO6. The fraction of sp³-hybridized carbons (Fsp3) is 0.400. The zero-order chi connectivity index (χ0) is 20.7. The van der Waals surface area contributed by atoms with E-state index in [-0.39, 0.29) is 36.6 Å². The van der Waals surface area contributed by atoms with Gasteiger partial charge in [0.2, 0.25) is 5.54 Å². The SMILES string of the molecule is CCOC(=O)/C=C/C[C@]1([N+](=O)[O-])CC=C(C(=O)OCC)[C@H]1c1ccccc1Br. The van der Waals surface area contributed by atoms with Crippen LogP contribution in [0, 0.1) is 10.1 Å². The molecule has 7 nitrogen and oxygen atoms in total. The molecular weight excluding hydrogens is 430 g/mol. The van der Waals surface area contributed by atoms with Gasteiger partial charge in [-0.2, -0.15) is 0 Å². The molecule has 0 N–H and O–H groups in total. The Morgan fingerprint density at radius 1 is 1.29 bits per heavy atom. The molecule has 0 fully saturated rings. The molecule has 0 aromatic heterocycles. The molecule has 2 rings (SSSR count). The number of ether oxygens (including phenoxy) is 2. The lowest BCUT2D eigenvalue weighted by atomic mass is 9.76. The van der Waals surface area contributed by atoms with Crippen molar-refractivity contribution in [1.29, 1.82) is 0 Å². The average molecular weight is 452 g/mol. The van der Waals surface area contributed by atoms with Crippen LogP contribution < -0.4 is 0 Å². The molecule has 0 saturated carbocycles. The summed E-state index contributed by atoms with van der Waals surface area (Å²) in [6, 6.07) is 7.08. The van der Waals surface area contributed by atoms with E-state index >= 15 is 0 Å². The third-order valence-electron chi connectivity index (χ3n) is 4.63. The number of nitrogens with zero attached hydrogens (tertiary/aromatic N) is 1. The van der Waals surface area contributed by atoms with Crippen molar-refractivity contribution < 1.29 is 24.0 Å². The fourth-order valence-corrected chi connectivity index (χ4v) is 3.91. The minimum atomic E-state index is -1.50. The Balaban J connectivity index is 2.48. The molecule has 1 aromatic carbocycles. The Labute approximate surface area is 171 Å². The Morgan fingerprint density at radius 3 is 2.57 bits per heavy atom. The van der Waals surface area contributed by atoms with Crippen molar-refractivity contribution in [2.24, 2.45) is 0 Å². The maximum Gasteiger partial charge on any atom is 0.334 e. The van der Waals surface area contributed by atoms with E-state index in [1.165, 1.54) is 12.2 Å². The quantitative estimate of drug-likeness (QED) is 0.257. The summed E-state index contributed by atoms with van der Waals surface area (Å²) in [5.41, 5.74) is -0.620. The van der Waals surface area contributed by atoms with Crippen LogP contribution >= 0.6 is 15.9 Å². The van der Waals surface area contributed by atoms with Crippen molar-refractivity contribution in [1.82, 2.24) is 0 Å². The second-order valence-electron chi connectivity index (χ2n) is 6.26. The summed E-state index contributed by atoms with van der Waals surface area (Å²) in [6.07, 6.45) is 4.21. The first kappa shape index (κ1) is 21.8. The number of hydrogen-bond acceptors (Lipinski definition) is 6. The minimum absolute atomic E-state index is 0.0375. The van der Waals surface area contributed by atoms with Gasteiger partial charge in [0.15, 0.2) is 0 Å². The second-order valence-corrected chi connectivity index (χ2v) is 7.11. The molecule has 0 amide bonds. The second kappa shape index (κ2) is 9.64. The van der Waals surface area contributed by atoms with Gasteiger partial charge in [-0.1, -0.05) is 46.3 Å². The molecule has 1 aliphatic carbocycles. The van der Waals surface area contributed by atoms with Gasteiger partial charge in [-0.25, -0.2) is 9.59 Å². The molecule has 1 aliphatic rings. The van der Waals surface area contributed by atoms with Crippen LogP contribution in [0.25, 0.3) is 0 Å². The lowest BCUT2D eigenvalue weighted by molar-refractivity contribution is -0.570. The Bertz CT molecular complexity index is 819. The number of rotatable bonds is 8. The molecule has 0 saturated heterocycles. The minimum Gasteiger partial charge on any atom is -0.463 e. The highest BCUT2D eigenvalue weighted by Crippen LogP contribution is 2.49. The molecule has 8 heteroatoms. The van der Waals surface area contributed by atoms with Crippen molar-refractivity contribution >= 4 is 27.9 Å². The van der Waals surface area contributed by atoms with Gasteiger partial charge in [0, 0.05) is 33.9 Å². The van der Waals surface area contributed by atoms with Crippen LogP contribution in [-0.2, 0) is 19.1 Å². The molecule has 0 unspecified atom stereocenters. The normalized spacial score (nSPS) is 21.4. The van der Waals surface area contributed by atoms with E-state index < -0.39 is 23.4 Å². The predicted octanol–water partition coefficient (Wildman–Crippen LogP) is 3.95. The van der Waals surface area contributed by atoms with E-state index in [4.69, 9.17) is 9.47 Å². The standard InChI is InChI=1S/C20H22BrNO6/c1-3-27-17(23)10-7-12-20(22(25)26)13-11-15(19(24)28-4-2)18(20)14-8-5-6-9-16(14)21/h5-11,18H,3-4,12-13H2,1-2H3/b10-7+/t18-,20+/m1/s1. The van der Waals surface area contributed by atoms with Crippen LogP contribution in [0.1, 0.15) is 38.2 Å². The highest BCUT2D eigenvalue weighted by atomic mass is 79.9. The summed E-state index contributed by atoms with van der Waals surface area (Å²) in [5.74, 6) is -1.94. The number of carbonyl (C=O) groups excluding carboxylic acids is 2.